The van der Waals surface area contributed by atoms with Gasteiger partial charge in [-0.1, -0.05) is 30.6 Å². The van der Waals surface area contributed by atoms with E-state index >= 15 is 0 Å². The number of likely N-dealkylation sites (N-methyl/N-ethyl adjacent to an activating group) is 1. The Morgan fingerprint density at radius 2 is 2.04 bits per heavy atom. The molecule has 3 aliphatic carbocycles. The van der Waals surface area contributed by atoms with Crippen LogP contribution in [0.4, 0.5) is 0 Å². The van der Waals surface area contributed by atoms with E-state index in [9.17, 15) is 15.0 Å². The lowest BCUT2D eigenvalue weighted by Gasteiger charge is -2.19. The Balaban J connectivity index is 1.54. The molecular weight excluding hydrogens is 328 g/mol. The summed E-state index contributed by atoms with van der Waals surface area (Å²) in [5.74, 6) is 1.58. The molecule has 0 aromatic heterocycles. The molecule has 0 aromatic carbocycles. The topological polar surface area (TPSA) is 72.8 Å². The Bertz CT molecular complexity index is 551. The van der Waals surface area contributed by atoms with E-state index in [0.717, 1.165) is 32.1 Å². The van der Waals surface area contributed by atoms with Crippen molar-refractivity contribution in [1.82, 2.24) is 10.2 Å². The van der Waals surface area contributed by atoms with Crippen LogP contribution >= 0.6 is 0 Å². The number of fused-ring (bicyclic) bond motifs is 1. The van der Waals surface area contributed by atoms with Gasteiger partial charge in [0.15, 0.2) is 0 Å². The van der Waals surface area contributed by atoms with Gasteiger partial charge in [0, 0.05) is 20.0 Å². The molecule has 5 heteroatoms. The number of nitrogens with one attached hydrogen (secondary N) is 1. The first-order valence-corrected chi connectivity index (χ1v) is 10.1. The lowest BCUT2D eigenvalue weighted by molar-refractivity contribution is -0.127. The average Bonchev–Trinajstić information content (AvgIpc) is 3.29. The molecule has 0 bridgehead atoms. The fourth-order valence-electron chi connectivity index (χ4n) is 5.03. The van der Waals surface area contributed by atoms with Crippen molar-refractivity contribution in [3.63, 3.8) is 0 Å². The van der Waals surface area contributed by atoms with E-state index in [1.165, 1.54) is 18.4 Å². The number of hydrogen-bond acceptors (Lipinski definition) is 4. The number of aliphatic hydroxyl groups is 2. The zero-order valence-electron chi connectivity index (χ0n) is 16.1. The molecule has 3 saturated carbocycles. The van der Waals surface area contributed by atoms with Crippen molar-refractivity contribution in [3.05, 3.63) is 23.9 Å². The first-order valence-electron chi connectivity index (χ1n) is 10.1. The van der Waals surface area contributed by atoms with Crippen LogP contribution in [-0.4, -0.2) is 53.9 Å². The molecule has 0 saturated heterocycles. The second-order valence-corrected chi connectivity index (χ2v) is 8.60. The van der Waals surface area contributed by atoms with E-state index in [0.29, 0.717) is 24.3 Å². The summed E-state index contributed by atoms with van der Waals surface area (Å²) in [5, 5.41) is 24.0. The van der Waals surface area contributed by atoms with Crippen LogP contribution in [0, 0.1) is 23.7 Å². The molecule has 3 aliphatic rings. The summed E-state index contributed by atoms with van der Waals surface area (Å²) in [6.45, 7) is 0.325. The summed E-state index contributed by atoms with van der Waals surface area (Å²) >= 11 is 0. The van der Waals surface area contributed by atoms with Crippen molar-refractivity contribution in [2.24, 2.45) is 23.7 Å². The molecule has 3 fully saturated rings. The second-order valence-electron chi connectivity index (χ2n) is 8.60. The molecule has 0 aliphatic heterocycles. The number of carbonyl (C=O) groups excluding carboxylic acids is 1. The van der Waals surface area contributed by atoms with Gasteiger partial charge >= 0.3 is 0 Å². The molecule has 0 radical (unpaired) electrons. The third kappa shape index (κ3) is 4.49. The van der Waals surface area contributed by atoms with Crippen molar-refractivity contribution in [1.29, 1.82) is 0 Å². The van der Waals surface area contributed by atoms with Crippen LogP contribution in [0.3, 0.4) is 0 Å². The van der Waals surface area contributed by atoms with Gasteiger partial charge in [0.25, 0.3) is 0 Å². The summed E-state index contributed by atoms with van der Waals surface area (Å²) in [6.07, 6.45) is 12.9. The zero-order valence-corrected chi connectivity index (χ0v) is 16.1. The summed E-state index contributed by atoms with van der Waals surface area (Å²) in [7, 11) is 3.52. The summed E-state index contributed by atoms with van der Waals surface area (Å²) in [5.41, 5.74) is 1.34. The van der Waals surface area contributed by atoms with Gasteiger partial charge in [0.05, 0.1) is 18.8 Å². The van der Waals surface area contributed by atoms with E-state index in [4.69, 9.17) is 0 Å². The Morgan fingerprint density at radius 3 is 2.73 bits per heavy atom. The smallest absolute Gasteiger partial charge is 0.241 e. The van der Waals surface area contributed by atoms with Gasteiger partial charge in [-0.3, -0.25) is 4.79 Å². The first-order chi connectivity index (χ1) is 12.5. The van der Waals surface area contributed by atoms with Crippen molar-refractivity contribution >= 4 is 5.91 Å². The number of hydrogen-bond donors (Lipinski definition) is 3. The molecular formula is C21H34N2O3. The predicted octanol–water partition coefficient (Wildman–Crippen LogP) is 2.06. The standard InChI is InChI=1S/C21H34N2O3/c1-23(2)21(26)13-22-12-14-9-16-11-20(25)17(18(16)10-14)7-8-19(24)15-5-3-4-6-15/h7-8,12,15-20,22,24-25H,3-6,9-11,13H2,1-2H3/b8-7+,14-12+/t16-,17+,18-,19+,20+/m0/s1. The predicted molar refractivity (Wildman–Crippen MR) is 102 cm³/mol. The highest BCUT2D eigenvalue weighted by molar-refractivity contribution is 5.77. The molecule has 1 amide bonds. The number of amides is 1. The van der Waals surface area contributed by atoms with E-state index in [1.54, 1.807) is 19.0 Å². The lowest BCUT2D eigenvalue weighted by Crippen LogP contribution is -2.30. The molecule has 0 spiro atoms. The van der Waals surface area contributed by atoms with Crippen LogP contribution in [-0.2, 0) is 4.79 Å². The third-order valence-electron chi connectivity index (χ3n) is 6.58. The minimum absolute atomic E-state index is 0.0668. The number of carbonyl (C=O) groups is 1. The van der Waals surface area contributed by atoms with Crippen molar-refractivity contribution in [2.75, 3.05) is 20.6 Å². The number of rotatable bonds is 6. The maximum Gasteiger partial charge on any atom is 0.241 e. The minimum Gasteiger partial charge on any atom is -0.392 e. The molecule has 3 rings (SSSR count). The second kappa shape index (κ2) is 8.57. The Morgan fingerprint density at radius 1 is 1.31 bits per heavy atom. The summed E-state index contributed by atoms with van der Waals surface area (Å²) in [6, 6.07) is 0. The van der Waals surface area contributed by atoms with E-state index in [-0.39, 0.29) is 24.0 Å². The van der Waals surface area contributed by atoms with Crippen LogP contribution in [0.25, 0.3) is 0 Å². The van der Waals surface area contributed by atoms with Crippen molar-refractivity contribution in [3.8, 4) is 0 Å². The van der Waals surface area contributed by atoms with E-state index in [2.05, 4.69) is 11.4 Å². The van der Waals surface area contributed by atoms with Crippen LogP contribution in [0.5, 0.6) is 0 Å². The molecule has 0 unspecified atom stereocenters. The van der Waals surface area contributed by atoms with Crippen LogP contribution in [0.1, 0.15) is 44.9 Å². The van der Waals surface area contributed by atoms with E-state index in [1.807, 2.05) is 12.3 Å². The number of aliphatic hydroxyl groups excluding tert-OH is 2. The number of allylic oxidation sites excluding steroid dienone is 1. The van der Waals surface area contributed by atoms with Gasteiger partial charge in [-0.15, -0.1) is 0 Å². The molecule has 5 nitrogen and oxygen atoms in total. The Kier molecular flexibility index (Phi) is 6.41. The normalized spacial score (nSPS) is 34.5. The average molecular weight is 363 g/mol. The van der Waals surface area contributed by atoms with Gasteiger partial charge in [0.2, 0.25) is 5.91 Å². The SMILES string of the molecule is CN(C)C(=O)CN/C=C1\C[C@H]2C[C@@H](O)[C@H](/C=C/[C@@H](O)C3CCCC3)[C@H]2C1. The molecule has 26 heavy (non-hydrogen) atoms. The molecule has 5 atom stereocenters. The number of nitrogens with zero attached hydrogens (tertiary/aromatic N) is 1. The maximum absolute atomic E-state index is 11.6. The highest BCUT2D eigenvalue weighted by Gasteiger charge is 2.45. The van der Waals surface area contributed by atoms with Gasteiger partial charge in [0.1, 0.15) is 0 Å². The van der Waals surface area contributed by atoms with Crippen LogP contribution in [0.2, 0.25) is 0 Å². The Labute approximate surface area is 157 Å². The fourth-order valence-corrected chi connectivity index (χ4v) is 5.03. The lowest BCUT2D eigenvalue weighted by atomic mass is 9.89. The molecule has 0 heterocycles. The third-order valence-corrected chi connectivity index (χ3v) is 6.58. The van der Waals surface area contributed by atoms with E-state index < -0.39 is 0 Å². The summed E-state index contributed by atoms with van der Waals surface area (Å²) in [4.78, 5) is 13.2. The van der Waals surface area contributed by atoms with Gasteiger partial charge < -0.3 is 20.4 Å². The minimum atomic E-state index is -0.362. The zero-order chi connectivity index (χ0) is 18.7. The molecule has 3 N–H and O–H groups in total. The summed E-state index contributed by atoms with van der Waals surface area (Å²) < 4.78 is 0. The maximum atomic E-state index is 11.6. The first kappa shape index (κ1) is 19.4. The molecule has 146 valence electrons. The highest BCUT2D eigenvalue weighted by atomic mass is 16.3. The highest BCUT2D eigenvalue weighted by Crippen LogP contribution is 2.50. The van der Waals surface area contributed by atoms with Crippen LogP contribution in [0.15, 0.2) is 23.9 Å². The van der Waals surface area contributed by atoms with Gasteiger partial charge in [-0.05, 0) is 56.1 Å². The van der Waals surface area contributed by atoms with Crippen molar-refractivity contribution in [2.45, 2.75) is 57.2 Å². The monoisotopic (exact) mass is 362 g/mol. The van der Waals surface area contributed by atoms with Gasteiger partial charge in [-0.2, -0.15) is 0 Å². The quantitative estimate of drug-likeness (QED) is 0.633. The Hall–Kier alpha value is -1.33. The van der Waals surface area contributed by atoms with Crippen molar-refractivity contribution < 1.29 is 15.0 Å². The van der Waals surface area contributed by atoms with Crippen LogP contribution < -0.4 is 5.32 Å². The molecule has 0 aromatic rings. The largest absolute Gasteiger partial charge is 0.392 e. The fraction of sp³-hybridized carbons (Fsp3) is 0.762. The van der Waals surface area contributed by atoms with Gasteiger partial charge in [-0.25, -0.2) is 0 Å².